The fraction of sp³-hybridized carbons (Fsp3) is 0.462. The van der Waals surface area contributed by atoms with Crippen molar-refractivity contribution in [2.24, 2.45) is 10.7 Å². The molecule has 5 rings (SSSR count). The summed E-state index contributed by atoms with van der Waals surface area (Å²) in [6.07, 6.45) is 10.8. The van der Waals surface area contributed by atoms with Crippen LogP contribution in [0, 0.1) is 0 Å². The quantitative estimate of drug-likeness (QED) is 0.378. The van der Waals surface area contributed by atoms with Crippen molar-refractivity contribution in [3.63, 3.8) is 0 Å². The molecule has 0 saturated carbocycles. The van der Waals surface area contributed by atoms with Gasteiger partial charge in [0.15, 0.2) is 6.29 Å². The average Bonchev–Trinajstić information content (AvgIpc) is 3.51. The van der Waals surface area contributed by atoms with Crippen LogP contribution in [-0.4, -0.2) is 63.4 Å². The Labute approximate surface area is 210 Å². The van der Waals surface area contributed by atoms with Crippen molar-refractivity contribution in [2.75, 3.05) is 26.4 Å². The predicted molar refractivity (Wildman–Crippen MR) is 137 cm³/mol. The van der Waals surface area contributed by atoms with Gasteiger partial charge >= 0.3 is 0 Å². The molecule has 2 aromatic heterocycles. The van der Waals surface area contributed by atoms with Crippen molar-refractivity contribution in [1.29, 1.82) is 0 Å². The van der Waals surface area contributed by atoms with E-state index >= 15 is 0 Å². The largest absolute Gasteiger partial charge is 0.493 e. The summed E-state index contributed by atoms with van der Waals surface area (Å²) in [5.41, 5.74) is 10.6. The Kier molecular flexibility index (Phi) is 7.43. The molecule has 4 heterocycles. The molecule has 190 valence electrons. The Morgan fingerprint density at radius 2 is 2.22 bits per heavy atom. The van der Waals surface area contributed by atoms with Crippen LogP contribution in [0.4, 0.5) is 0 Å². The smallest absolute Gasteiger partial charge is 0.249 e. The molecule has 36 heavy (non-hydrogen) atoms. The Morgan fingerprint density at radius 1 is 1.31 bits per heavy atom. The molecule has 2 aliphatic heterocycles. The maximum atomic E-state index is 6.10. The third kappa shape index (κ3) is 5.19. The van der Waals surface area contributed by atoms with Crippen LogP contribution in [0.5, 0.6) is 5.75 Å². The maximum absolute atomic E-state index is 6.10. The maximum Gasteiger partial charge on any atom is 0.249 e. The van der Waals surface area contributed by atoms with Gasteiger partial charge in [0.1, 0.15) is 12.1 Å². The molecule has 1 aromatic carbocycles. The summed E-state index contributed by atoms with van der Waals surface area (Å²) in [4.78, 5) is 8.91. The van der Waals surface area contributed by atoms with Crippen LogP contribution >= 0.6 is 0 Å². The van der Waals surface area contributed by atoms with Crippen LogP contribution in [-0.2, 0) is 15.9 Å². The van der Waals surface area contributed by atoms with Crippen molar-refractivity contribution in [3.05, 3.63) is 48.1 Å². The topological polar surface area (TPSA) is 115 Å². The van der Waals surface area contributed by atoms with Crippen LogP contribution in [0.1, 0.15) is 50.3 Å². The highest BCUT2D eigenvalue weighted by molar-refractivity contribution is 6.10. The van der Waals surface area contributed by atoms with Gasteiger partial charge in [-0.3, -0.25) is 4.99 Å². The molecule has 0 radical (unpaired) electrons. The van der Waals surface area contributed by atoms with E-state index in [1.54, 1.807) is 23.4 Å². The molecule has 1 unspecified atom stereocenters. The van der Waals surface area contributed by atoms with Gasteiger partial charge in [-0.1, -0.05) is 6.07 Å². The highest BCUT2D eigenvalue weighted by Gasteiger charge is 2.22. The molecule has 2 N–H and O–H groups in total. The number of fused-ring (bicyclic) bond motifs is 3. The summed E-state index contributed by atoms with van der Waals surface area (Å²) in [5.74, 6) is 1.47. The van der Waals surface area contributed by atoms with Gasteiger partial charge in [-0.25, -0.2) is 9.36 Å². The number of hydrogen-bond acceptors (Lipinski definition) is 8. The second-order valence-corrected chi connectivity index (χ2v) is 9.18. The van der Waals surface area contributed by atoms with Crippen molar-refractivity contribution in [2.45, 2.75) is 51.9 Å². The van der Waals surface area contributed by atoms with Gasteiger partial charge in [0.2, 0.25) is 5.95 Å². The molecule has 10 heteroatoms. The minimum Gasteiger partial charge on any atom is -0.493 e. The molecular weight excluding hydrogens is 458 g/mol. The van der Waals surface area contributed by atoms with E-state index < -0.39 is 0 Å². The molecule has 2 aliphatic rings. The van der Waals surface area contributed by atoms with Crippen molar-refractivity contribution < 1.29 is 14.2 Å². The van der Waals surface area contributed by atoms with Crippen LogP contribution in [0.15, 0.2) is 41.9 Å². The number of nitrogens with zero attached hydrogens (tertiary/aromatic N) is 6. The first-order chi connectivity index (χ1) is 17.6. The lowest BCUT2D eigenvalue weighted by Gasteiger charge is -2.22. The number of aliphatic imine (C=N–C) groups is 1. The van der Waals surface area contributed by atoms with E-state index in [4.69, 9.17) is 25.0 Å². The lowest BCUT2D eigenvalue weighted by atomic mass is 10.0. The van der Waals surface area contributed by atoms with E-state index in [2.05, 4.69) is 28.9 Å². The SMILES string of the molecule is CC(C)n1ncnc1-n1cc2c(n1)-c1ccc(C(C=NCCOC3CCCCO3)=CN)cc1OCC2. The van der Waals surface area contributed by atoms with Gasteiger partial charge in [0.25, 0.3) is 0 Å². The fourth-order valence-electron chi connectivity index (χ4n) is 4.44. The van der Waals surface area contributed by atoms with Crippen LogP contribution in [0.25, 0.3) is 22.8 Å². The van der Waals surface area contributed by atoms with E-state index in [-0.39, 0.29) is 12.3 Å². The van der Waals surface area contributed by atoms with Gasteiger partial charge in [-0.15, -0.1) is 0 Å². The Hall–Kier alpha value is -3.50. The standard InChI is InChI=1S/C26H33N7O3/c1-18(2)33-26(29-17-30-33)32-16-20-8-11-34-23-13-19(6-7-22(23)25(20)31-32)21(14-27)15-28-9-12-36-24-5-3-4-10-35-24/h6-7,13-18,24H,3-5,8-12,27H2,1-2H3. The summed E-state index contributed by atoms with van der Waals surface area (Å²) in [5, 5.41) is 9.20. The van der Waals surface area contributed by atoms with Gasteiger partial charge in [0, 0.05) is 48.3 Å². The molecule has 0 bridgehead atoms. The first-order valence-electron chi connectivity index (χ1n) is 12.5. The molecule has 1 saturated heterocycles. The summed E-state index contributed by atoms with van der Waals surface area (Å²) in [7, 11) is 0. The Morgan fingerprint density at radius 3 is 3.03 bits per heavy atom. The first kappa shape index (κ1) is 24.2. The van der Waals surface area contributed by atoms with Crippen molar-refractivity contribution in [1.82, 2.24) is 24.5 Å². The Balaban J connectivity index is 1.31. The molecule has 0 amide bonds. The van der Waals surface area contributed by atoms with Gasteiger partial charge in [0.05, 0.1) is 31.5 Å². The summed E-state index contributed by atoms with van der Waals surface area (Å²) in [6.45, 7) is 6.53. The number of nitrogens with two attached hydrogens (primary N) is 1. The molecule has 1 atom stereocenters. The number of benzene rings is 1. The van der Waals surface area contributed by atoms with Crippen molar-refractivity contribution >= 4 is 11.8 Å². The number of rotatable bonds is 8. The number of allylic oxidation sites excluding steroid dienone is 1. The van der Waals surface area contributed by atoms with E-state index in [0.717, 1.165) is 66.0 Å². The molecule has 0 spiro atoms. The lowest BCUT2D eigenvalue weighted by Crippen LogP contribution is -2.23. The second-order valence-electron chi connectivity index (χ2n) is 9.18. The first-order valence-corrected chi connectivity index (χ1v) is 12.5. The van der Waals surface area contributed by atoms with E-state index in [9.17, 15) is 0 Å². The summed E-state index contributed by atoms with van der Waals surface area (Å²) >= 11 is 0. The van der Waals surface area contributed by atoms with Gasteiger partial charge in [-0.05, 0) is 50.8 Å². The molecule has 0 aliphatic carbocycles. The monoisotopic (exact) mass is 491 g/mol. The van der Waals surface area contributed by atoms with E-state index in [1.807, 2.05) is 29.1 Å². The molecular formula is C26H33N7O3. The fourth-order valence-corrected chi connectivity index (χ4v) is 4.44. The second kappa shape index (κ2) is 11.0. The Bertz CT molecular complexity index is 1240. The summed E-state index contributed by atoms with van der Waals surface area (Å²) < 4.78 is 21.1. The summed E-state index contributed by atoms with van der Waals surface area (Å²) in [6, 6.07) is 6.22. The van der Waals surface area contributed by atoms with Crippen LogP contribution in [0.2, 0.25) is 0 Å². The van der Waals surface area contributed by atoms with Gasteiger partial charge < -0.3 is 19.9 Å². The highest BCUT2D eigenvalue weighted by Crippen LogP contribution is 2.36. The zero-order chi connectivity index (χ0) is 24.9. The van der Waals surface area contributed by atoms with Gasteiger partial charge in [-0.2, -0.15) is 15.2 Å². The van der Waals surface area contributed by atoms with Crippen molar-refractivity contribution in [3.8, 4) is 23.0 Å². The highest BCUT2D eigenvalue weighted by atomic mass is 16.7. The minimum atomic E-state index is -0.102. The predicted octanol–water partition coefficient (Wildman–Crippen LogP) is 3.56. The molecule has 3 aromatic rings. The lowest BCUT2D eigenvalue weighted by molar-refractivity contribution is -0.160. The zero-order valence-electron chi connectivity index (χ0n) is 20.8. The third-order valence-corrected chi connectivity index (χ3v) is 6.31. The van der Waals surface area contributed by atoms with Crippen LogP contribution < -0.4 is 10.5 Å². The zero-order valence-corrected chi connectivity index (χ0v) is 20.8. The number of ether oxygens (including phenoxy) is 3. The number of hydrogen-bond donors (Lipinski definition) is 1. The normalized spacial score (nSPS) is 18.2. The molecule has 1 fully saturated rings. The third-order valence-electron chi connectivity index (χ3n) is 6.31. The van der Waals surface area contributed by atoms with E-state index in [0.29, 0.717) is 25.7 Å². The minimum absolute atomic E-state index is 0.102. The molecule has 10 nitrogen and oxygen atoms in total. The van der Waals surface area contributed by atoms with Crippen LogP contribution in [0.3, 0.4) is 0 Å². The number of aromatic nitrogens is 5. The average molecular weight is 492 g/mol. The van der Waals surface area contributed by atoms with E-state index in [1.165, 1.54) is 0 Å².